The second-order valence-corrected chi connectivity index (χ2v) is 4.19. The molecule has 0 saturated carbocycles. The number of alkyl halides is 4. The highest BCUT2D eigenvalue weighted by Crippen LogP contribution is 2.35. The van der Waals surface area contributed by atoms with Crippen LogP contribution in [0.15, 0.2) is 4.52 Å². The zero-order chi connectivity index (χ0) is 8.48. The molecule has 3 nitrogen and oxygen atoms in total. The van der Waals surface area contributed by atoms with Crippen molar-refractivity contribution >= 4 is 46.4 Å². The van der Waals surface area contributed by atoms with E-state index in [0.717, 1.165) is 0 Å². The lowest BCUT2D eigenvalue weighted by Crippen LogP contribution is -2.02. The van der Waals surface area contributed by atoms with Gasteiger partial charge in [0.1, 0.15) is 5.88 Å². The summed E-state index contributed by atoms with van der Waals surface area (Å²) in [6, 6.07) is 0. The Hall–Kier alpha value is 0.300. The van der Waals surface area contributed by atoms with Crippen LogP contribution in [0, 0.1) is 0 Å². The van der Waals surface area contributed by atoms with Gasteiger partial charge in [0.05, 0.1) is 0 Å². The average Bonchev–Trinajstić information content (AvgIpc) is 2.32. The smallest absolute Gasteiger partial charge is 0.253 e. The van der Waals surface area contributed by atoms with E-state index in [-0.39, 0.29) is 17.6 Å². The van der Waals surface area contributed by atoms with E-state index in [4.69, 9.17) is 46.4 Å². The van der Waals surface area contributed by atoms with Gasteiger partial charge >= 0.3 is 0 Å². The Bertz CT molecular complexity index is 242. The average molecular weight is 236 g/mol. The van der Waals surface area contributed by atoms with Crippen LogP contribution in [0.25, 0.3) is 0 Å². The van der Waals surface area contributed by atoms with Crippen molar-refractivity contribution in [2.45, 2.75) is 9.67 Å². The molecule has 0 spiro atoms. The van der Waals surface area contributed by atoms with Gasteiger partial charge in [-0.05, 0) is 0 Å². The molecule has 1 rings (SSSR count). The molecule has 0 aliphatic carbocycles. The summed E-state index contributed by atoms with van der Waals surface area (Å²) < 4.78 is 2.95. The molecule has 11 heavy (non-hydrogen) atoms. The second kappa shape index (κ2) is 3.35. The van der Waals surface area contributed by atoms with Crippen LogP contribution in [0.1, 0.15) is 11.7 Å². The Kier molecular flexibility index (Phi) is 2.86. The molecular formula is C4H2Cl4N2O. The van der Waals surface area contributed by atoms with Crippen molar-refractivity contribution in [3.8, 4) is 0 Å². The molecule has 0 saturated heterocycles. The highest BCUT2D eigenvalue weighted by atomic mass is 35.6. The lowest BCUT2D eigenvalue weighted by atomic mass is 10.7. The van der Waals surface area contributed by atoms with Crippen LogP contribution < -0.4 is 0 Å². The maximum Gasteiger partial charge on any atom is 0.253 e. The van der Waals surface area contributed by atoms with Crippen molar-refractivity contribution in [2.75, 3.05) is 0 Å². The molecule has 7 heteroatoms. The molecule has 0 aromatic carbocycles. The number of rotatable bonds is 1. The van der Waals surface area contributed by atoms with Crippen LogP contribution in [0.4, 0.5) is 0 Å². The van der Waals surface area contributed by atoms with Gasteiger partial charge in [-0.25, -0.2) is 0 Å². The number of halogens is 4. The Morgan fingerprint density at radius 2 is 2.00 bits per heavy atom. The number of hydrogen-bond acceptors (Lipinski definition) is 3. The van der Waals surface area contributed by atoms with Crippen molar-refractivity contribution in [3.63, 3.8) is 0 Å². The second-order valence-electron chi connectivity index (χ2n) is 1.64. The van der Waals surface area contributed by atoms with Crippen LogP contribution in [-0.2, 0) is 9.67 Å². The highest BCUT2D eigenvalue weighted by molar-refractivity contribution is 6.66. The third-order valence-electron chi connectivity index (χ3n) is 0.836. The van der Waals surface area contributed by atoms with E-state index in [1.165, 1.54) is 0 Å². The number of aromatic nitrogens is 2. The van der Waals surface area contributed by atoms with Crippen LogP contribution in [0.2, 0.25) is 0 Å². The van der Waals surface area contributed by atoms with Gasteiger partial charge in [-0.1, -0.05) is 40.0 Å². The molecular weight excluding hydrogens is 234 g/mol. The molecule has 0 N–H and O–H groups in total. The third kappa shape index (κ3) is 2.37. The topological polar surface area (TPSA) is 38.9 Å². The lowest BCUT2D eigenvalue weighted by Gasteiger charge is -2.01. The fraction of sp³-hybridized carbons (Fsp3) is 0.500. The zero-order valence-corrected chi connectivity index (χ0v) is 8.05. The number of hydrogen-bond donors (Lipinski definition) is 0. The predicted octanol–water partition coefficient (Wildman–Crippen LogP) is 2.64. The summed E-state index contributed by atoms with van der Waals surface area (Å²) in [6.07, 6.45) is 0. The van der Waals surface area contributed by atoms with Crippen molar-refractivity contribution in [1.82, 2.24) is 10.1 Å². The van der Waals surface area contributed by atoms with Gasteiger partial charge < -0.3 is 4.52 Å². The molecule has 62 valence electrons. The summed E-state index contributed by atoms with van der Waals surface area (Å²) >= 11 is 21.7. The molecule has 0 aliphatic heterocycles. The predicted molar refractivity (Wildman–Crippen MR) is 43.1 cm³/mol. The quantitative estimate of drug-likeness (QED) is 0.703. The summed E-state index contributed by atoms with van der Waals surface area (Å²) in [5.74, 6) is 0.333. The largest absolute Gasteiger partial charge is 0.338 e. The molecule has 0 bridgehead atoms. The Balaban J connectivity index is 2.89. The van der Waals surface area contributed by atoms with E-state index in [2.05, 4.69) is 14.7 Å². The monoisotopic (exact) mass is 234 g/mol. The summed E-state index contributed by atoms with van der Waals surface area (Å²) in [4.78, 5) is 3.69. The minimum Gasteiger partial charge on any atom is -0.338 e. The minimum absolute atomic E-state index is 0.00171. The van der Waals surface area contributed by atoms with E-state index >= 15 is 0 Å². The molecule has 1 aromatic heterocycles. The van der Waals surface area contributed by atoms with Crippen molar-refractivity contribution in [3.05, 3.63) is 11.7 Å². The fourth-order valence-electron chi connectivity index (χ4n) is 0.424. The van der Waals surface area contributed by atoms with Crippen LogP contribution in [-0.4, -0.2) is 10.1 Å². The Morgan fingerprint density at radius 1 is 1.36 bits per heavy atom. The van der Waals surface area contributed by atoms with E-state index < -0.39 is 3.79 Å². The van der Waals surface area contributed by atoms with E-state index in [1.807, 2.05) is 0 Å². The van der Waals surface area contributed by atoms with E-state index in [1.54, 1.807) is 0 Å². The van der Waals surface area contributed by atoms with Gasteiger partial charge in [-0.2, -0.15) is 4.98 Å². The van der Waals surface area contributed by atoms with Gasteiger partial charge in [0.25, 0.3) is 3.79 Å². The molecule has 0 aliphatic rings. The molecule has 0 atom stereocenters. The van der Waals surface area contributed by atoms with Gasteiger partial charge in [0.2, 0.25) is 11.7 Å². The molecule has 1 aromatic rings. The van der Waals surface area contributed by atoms with Crippen LogP contribution in [0.3, 0.4) is 0 Å². The minimum atomic E-state index is -1.65. The van der Waals surface area contributed by atoms with Gasteiger partial charge in [-0.3, -0.25) is 0 Å². The SMILES string of the molecule is ClCc1nc(C(Cl)(Cl)Cl)no1. The van der Waals surface area contributed by atoms with E-state index in [9.17, 15) is 0 Å². The van der Waals surface area contributed by atoms with Crippen molar-refractivity contribution in [1.29, 1.82) is 0 Å². The first kappa shape index (κ1) is 9.39. The maximum absolute atomic E-state index is 5.43. The van der Waals surface area contributed by atoms with Crippen LogP contribution in [0.5, 0.6) is 0 Å². The normalized spacial score (nSPS) is 12.0. The molecule has 0 fully saturated rings. The molecule has 0 radical (unpaired) electrons. The highest BCUT2D eigenvalue weighted by Gasteiger charge is 2.29. The van der Waals surface area contributed by atoms with Crippen LogP contribution >= 0.6 is 46.4 Å². The lowest BCUT2D eigenvalue weighted by molar-refractivity contribution is 0.385. The van der Waals surface area contributed by atoms with Gasteiger partial charge in [0.15, 0.2) is 0 Å². The fourth-order valence-corrected chi connectivity index (χ4v) is 0.763. The first-order chi connectivity index (χ1) is 5.04. The van der Waals surface area contributed by atoms with Crippen molar-refractivity contribution in [2.24, 2.45) is 0 Å². The Labute approximate surface area is 82.6 Å². The first-order valence-corrected chi connectivity index (χ1v) is 4.16. The van der Waals surface area contributed by atoms with Crippen molar-refractivity contribution < 1.29 is 4.52 Å². The summed E-state index contributed by atoms with van der Waals surface area (Å²) in [6.45, 7) is 0. The molecule has 1 heterocycles. The standard InChI is InChI=1S/C4H2Cl4N2O/c5-1-2-9-3(10-11-2)4(6,7)8/h1H2. The summed E-state index contributed by atoms with van der Waals surface area (Å²) in [7, 11) is 0. The Morgan fingerprint density at radius 3 is 2.27 bits per heavy atom. The van der Waals surface area contributed by atoms with E-state index in [0.29, 0.717) is 0 Å². The van der Waals surface area contributed by atoms with Gasteiger partial charge in [-0.15, -0.1) is 11.6 Å². The third-order valence-corrected chi connectivity index (χ3v) is 1.57. The summed E-state index contributed by atoms with van der Waals surface area (Å²) in [5.41, 5.74) is 0. The summed E-state index contributed by atoms with van der Waals surface area (Å²) in [5, 5.41) is 3.39. The zero-order valence-electron chi connectivity index (χ0n) is 5.02. The molecule has 0 unspecified atom stereocenters. The first-order valence-electron chi connectivity index (χ1n) is 2.50. The molecule has 0 amide bonds. The number of nitrogens with zero attached hydrogens (tertiary/aromatic N) is 2. The maximum atomic E-state index is 5.43. The van der Waals surface area contributed by atoms with Gasteiger partial charge in [0, 0.05) is 0 Å².